The Morgan fingerprint density at radius 2 is 1.34 bits per heavy atom. The molecule has 0 atom stereocenters. The molecule has 1 rings (SSSR count). The van der Waals surface area contributed by atoms with Crippen molar-refractivity contribution in [2.45, 2.75) is 104 Å². The predicted molar refractivity (Wildman–Crippen MR) is 127 cm³/mol. The molecule has 3 nitrogen and oxygen atoms in total. The summed E-state index contributed by atoms with van der Waals surface area (Å²) >= 11 is 0. The van der Waals surface area contributed by atoms with Crippen LogP contribution in [0.15, 0.2) is 41.0 Å². The van der Waals surface area contributed by atoms with Crippen molar-refractivity contribution in [1.29, 1.82) is 0 Å². The van der Waals surface area contributed by atoms with E-state index in [-0.39, 0.29) is 5.91 Å². The monoisotopic (exact) mass is 398 g/mol. The minimum absolute atomic E-state index is 0.0110. The summed E-state index contributed by atoms with van der Waals surface area (Å²) in [5.74, 6) is 0.0110. The third kappa shape index (κ3) is 15.7. The van der Waals surface area contributed by atoms with Gasteiger partial charge < -0.3 is 0 Å². The molecule has 1 aromatic carbocycles. The van der Waals surface area contributed by atoms with Gasteiger partial charge in [-0.1, -0.05) is 120 Å². The first kappa shape index (κ1) is 25.1. The Bertz CT molecular complexity index is 578. The van der Waals surface area contributed by atoms with E-state index >= 15 is 0 Å². The number of hydrogen-bond donors (Lipinski definition) is 1. The average molecular weight is 399 g/mol. The molecule has 0 aliphatic rings. The first-order chi connectivity index (χ1) is 14.2. The molecule has 1 N–H and O–H groups in total. The van der Waals surface area contributed by atoms with Crippen molar-refractivity contribution in [2.24, 2.45) is 5.10 Å². The van der Waals surface area contributed by atoms with Gasteiger partial charge in [-0.3, -0.25) is 4.79 Å². The van der Waals surface area contributed by atoms with Gasteiger partial charge in [0.25, 0.3) is 0 Å². The summed E-state index contributed by atoms with van der Waals surface area (Å²) in [5.41, 5.74) is 4.78. The lowest BCUT2D eigenvalue weighted by molar-refractivity contribution is -0.121. The molecule has 0 aliphatic heterocycles. The molecular weight excluding hydrogens is 356 g/mol. The number of unbranched alkanes of at least 4 members (excludes halogenated alkanes) is 12. The van der Waals surface area contributed by atoms with E-state index < -0.39 is 0 Å². The standard InChI is InChI=1S/C26H42N2O/c1-3-4-5-6-7-8-9-10-11-12-13-14-18-21-26(29)28-27-23-24(2)22-25-19-16-15-17-20-25/h15-17,19-20,22-23H,3-14,18,21H2,1-2H3,(H,28,29). The number of carbonyl (C=O) groups is 1. The number of carbonyl (C=O) groups excluding carboxylic acids is 1. The van der Waals surface area contributed by atoms with Crippen LogP contribution in [0.1, 0.15) is 109 Å². The van der Waals surface area contributed by atoms with Crippen LogP contribution in [-0.4, -0.2) is 12.1 Å². The van der Waals surface area contributed by atoms with E-state index in [0.29, 0.717) is 6.42 Å². The van der Waals surface area contributed by atoms with E-state index in [0.717, 1.165) is 24.0 Å². The molecular formula is C26H42N2O. The number of nitrogens with zero attached hydrogens (tertiary/aromatic N) is 1. The Labute approximate surface area is 179 Å². The van der Waals surface area contributed by atoms with Crippen LogP contribution in [0, 0.1) is 0 Å². The SMILES string of the molecule is CCCCCCCCCCCCCCCC(=O)NN=CC(C)=Cc1ccccc1. The van der Waals surface area contributed by atoms with Gasteiger partial charge in [-0.15, -0.1) is 0 Å². The average Bonchev–Trinajstić information content (AvgIpc) is 2.72. The van der Waals surface area contributed by atoms with Crippen LogP contribution >= 0.6 is 0 Å². The van der Waals surface area contributed by atoms with E-state index in [1.165, 1.54) is 70.6 Å². The fourth-order valence-electron chi connectivity index (χ4n) is 3.41. The first-order valence-electron chi connectivity index (χ1n) is 11.8. The van der Waals surface area contributed by atoms with Gasteiger partial charge in [0, 0.05) is 6.42 Å². The number of amides is 1. The van der Waals surface area contributed by atoms with Gasteiger partial charge in [0.05, 0.1) is 6.21 Å². The lowest BCUT2D eigenvalue weighted by atomic mass is 10.0. The van der Waals surface area contributed by atoms with Gasteiger partial charge in [0.2, 0.25) is 5.91 Å². The van der Waals surface area contributed by atoms with Gasteiger partial charge in [-0.25, -0.2) is 5.43 Å². The Balaban J connectivity index is 1.93. The molecule has 0 aliphatic carbocycles. The third-order valence-corrected chi connectivity index (χ3v) is 5.16. The van der Waals surface area contributed by atoms with E-state index in [1.807, 2.05) is 43.3 Å². The fourth-order valence-corrected chi connectivity index (χ4v) is 3.41. The molecule has 0 saturated carbocycles. The number of rotatable bonds is 17. The van der Waals surface area contributed by atoms with Crippen LogP contribution in [-0.2, 0) is 4.79 Å². The van der Waals surface area contributed by atoms with Crippen molar-refractivity contribution in [3.8, 4) is 0 Å². The minimum atomic E-state index is 0.0110. The third-order valence-electron chi connectivity index (χ3n) is 5.16. The highest BCUT2D eigenvalue weighted by Gasteiger charge is 1.99. The van der Waals surface area contributed by atoms with E-state index in [4.69, 9.17) is 0 Å². The number of benzene rings is 1. The second-order valence-corrected chi connectivity index (χ2v) is 8.08. The van der Waals surface area contributed by atoms with Crippen molar-refractivity contribution in [2.75, 3.05) is 0 Å². The summed E-state index contributed by atoms with van der Waals surface area (Å²) in [7, 11) is 0. The maximum absolute atomic E-state index is 11.8. The molecule has 29 heavy (non-hydrogen) atoms. The summed E-state index contributed by atoms with van der Waals surface area (Å²) in [6, 6.07) is 10.1. The summed E-state index contributed by atoms with van der Waals surface area (Å²) in [5, 5.41) is 4.05. The minimum Gasteiger partial charge on any atom is -0.273 e. The second-order valence-electron chi connectivity index (χ2n) is 8.08. The zero-order valence-corrected chi connectivity index (χ0v) is 18.8. The van der Waals surface area contributed by atoms with Gasteiger partial charge in [0.15, 0.2) is 0 Å². The molecule has 162 valence electrons. The second kappa shape index (κ2) is 18.1. The van der Waals surface area contributed by atoms with Gasteiger partial charge in [0.1, 0.15) is 0 Å². The predicted octanol–water partition coefficient (Wildman–Crippen LogP) is 7.67. The topological polar surface area (TPSA) is 41.5 Å². The number of hydrogen-bond acceptors (Lipinski definition) is 2. The highest BCUT2D eigenvalue weighted by molar-refractivity contribution is 5.86. The molecule has 0 bridgehead atoms. The molecule has 0 aromatic heterocycles. The van der Waals surface area contributed by atoms with Crippen molar-refractivity contribution in [1.82, 2.24) is 5.43 Å². The van der Waals surface area contributed by atoms with Crippen LogP contribution in [0.3, 0.4) is 0 Å². The molecule has 0 heterocycles. The first-order valence-corrected chi connectivity index (χ1v) is 11.8. The summed E-state index contributed by atoms with van der Waals surface area (Å²) in [6.07, 6.45) is 21.5. The Morgan fingerprint density at radius 3 is 1.90 bits per heavy atom. The van der Waals surface area contributed by atoms with Crippen LogP contribution in [0.4, 0.5) is 0 Å². The van der Waals surface area contributed by atoms with Crippen molar-refractivity contribution < 1.29 is 4.79 Å². The maximum Gasteiger partial charge on any atom is 0.240 e. The van der Waals surface area contributed by atoms with E-state index in [9.17, 15) is 4.79 Å². The van der Waals surface area contributed by atoms with E-state index in [2.05, 4.69) is 17.5 Å². The van der Waals surface area contributed by atoms with Gasteiger partial charge in [-0.2, -0.15) is 5.10 Å². The molecule has 0 saturated heterocycles. The molecule has 0 unspecified atom stereocenters. The summed E-state index contributed by atoms with van der Waals surface area (Å²) in [4.78, 5) is 11.8. The lowest BCUT2D eigenvalue weighted by Gasteiger charge is -2.03. The van der Waals surface area contributed by atoms with Crippen molar-refractivity contribution >= 4 is 18.2 Å². The zero-order valence-electron chi connectivity index (χ0n) is 18.8. The van der Waals surface area contributed by atoms with Crippen molar-refractivity contribution in [3.63, 3.8) is 0 Å². The number of hydrazone groups is 1. The van der Waals surface area contributed by atoms with Crippen LogP contribution < -0.4 is 5.43 Å². The normalized spacial score (nSPS) is 11.9. The number of allylic oxidation sites excluding steroid dienone is 1. The summed E-state index contributed by atoms with van der Waals surface area (Å²) < 4.78 is 0. The smallest absolute Gasteiger partial charge is 0.240 e. The van der Waals surface area contributed by atoms with Crippen LogP contribution in [0.5, 0.6) is 0 Å². The Kier molecular flexibility index (Phi) is 15.7. The van der Waals surface area contributed by atoms with Gasteiger partial charge in [-0.05, 0) is 24.5 Å². The number of nitrogens with one attached hydrogen (secondary N) is 1. The molecule has 0 radical (unpaired) electrons. The Morgan fingerprint density at radius 1 is 0.828 bits per heavy atom. The fraction of sp³-hybridized carbons (Fsp3) is 0.615. The molecule has 0 spiro atoms. The molecule has 3 heteroatoms. The molecule has 0 fully saturated rings. The van der Waals surface area contributed by atoms with E-state index in [1.54, 1.807) is 6.21 Å². The van der Waals surface area contributed by atoms with Crippen LogP contribution in [0.25, 0.3) is 6.08 Å². The molecule has 1 amide bonds. The highest BCUT2D eigenvalue weighted by atomic mass is 16.2. The lowest BCUT2D eigenvalue weighted by Crippen LogP contribution is -2.16. The highest BCUT2D eigenvalue weighted by Crippen LogP contribution is 2.13. The van der Waals surface area contributed by atoms with Crippen molar-refractivity contribution in [3.05, 3.63) is 41.5 Å². The summed E-state index contributed by atoms with van der Waals surface area (Å²) in [6.45, 7) is 4.25. The maximum atomic E-state index is 11.8. The quantitative estimate of drug-likeness (QED) is 0.163. The zero-order chi connectivity index (χ0) is 21.0. The van der Waals surface area contributed by atoms with Crippen LogP contribution in [0.2, 0.25) is 0 Å². The largest absolute Gasteiger partial charge is 0.273 e. The van der Waals surface area contributed by atoms with Gasteiger partial charge >= 0.3 is 0 Å². The molecule has 1 aromatic rings. The Hall–Kier alpha value is -1.90.